The summed E-state index contributed by atoms with van der Waals surface area (Å²) in [5.74, 6) is 1.46. The molecule has 0 N–H and O–H groups in total. The van der Waals surface area contributed by atoms with Gasteiger partial charge in [-0.15, -0.1) is 0 Å². The number of carbonyl (C=O) groups excluding carboxylic acids is 1. The van der Waals surface area contributed by atoms with Crippen molar-refractivity contribution in [3.05, 3.63) is 65.2 Å². The molecule has 1 saturated heterocycles. The second kappa shape index (κ2) is 7.55. The Labute approximate surface area is 158 Å². The molecule has 0 radical (unpaired) electrons. The van der Waals surface area contributed by atoms with E-state index in [-0.39, 0.29) is 11.9 Å². The van der Waals surface area contributed by atoms with E-state index in [1.807, 2.05) is 41.3 Å². The third-order valence-corrected chi connectivity index (χ3v) is 4.97. The Balaban J connectivity index is 1.54. The summed E-state index contributed by atoms with van der Waals surface area (Å²) in [5.41, 5.74) is 2.38. The van der Waals surface area contributed by atoms with Crippen molar-refractivity contribution < 1.29 is 14.3 Å². The van der Waals surface area contributed by atoms with Crippen LogP contribution in [-0.2, 0) is 4.79 Å². The van der Waals surface area contributed by atoms with Gasteiger partial charge >= 0.3 is 0 Å². The molecule has 0 aliphatic carbocycles. The number of carbonyl (C=O) groups is 1. The van der Waals surface area contributed by atoms with E-state index < -0.39 is 0 Å². The Bertz CT molecular complexity index is 929. The zero-order valence-corrected chi connectivity index (χ0v) is 14.9. The number of rotatable bonds is 3. The number of ether oxygens (including phenoxy) is 2. The Kier molecular flexibility index (Phi) is 4.80. The molecule has 2 aromatic rings. The van der Waals surface area contributed by atoms with Crippen LogP contribution in [0.4, 0.5) is 0 Å². The van der Waals surface area contributed by atoms with Crippen molar-refractivity contribution in [1.82, 2.24) is 4.90 Å². The summed E-state index contributed by atoms with van der Waals surface area (Å²) >= 11 is 0. The number of hydrogen-bond acceptors (Lipinski definition) is 4. The summed E-state index contributed by atoms with van der Waals surface area (Å²) in [6.07, 6.45) is 5.17. The Morgan fingerprint density at radius 3 is 2.81 bits per heavy atom. The molecule has 2 aliphatic heterocycles. The third-order valence-electron chi connectivity index (χ3n) is 4.97. The highest BCUT2D eigenvalue weighted by Crippen LogP contribution is 2.38. The van der Waals surface area contributed by atoms with E-state index in [0.29, 0.717) is 18.8 Å². The molecule has 1 amide bonds. The zero-order valence-electron chi connectivity index (χ0n) is 14.9. The van der Waals surface area contributed by atoms with Crippen molar-refractivity contribution in [2.75, 3.05) is 19.8 Å². The van der Waals surface area contributed by atoms with E-state index in [0.717, 1.165) is 42.0 Å². The molecule has 4 rings (SSSR count). The maximum absolute atomic E-state index is 12.8. The van der Waals surface area contributed by atoms with Gasteiger partial charge in [-0.25, -0.2) is 0 Å². The number of likely N-dealkylation sites (tertiary alicyclic amines) is 1. The summed E-state index contributed by atoms with van der Waals surface area (Å²) in [6, 6.07) is 15.4. The molecule has 0 saturated carbocycles. The summed E-state index contributed by atoms with van der Waals surface area (Å²) in [4.78, 5) is 14.7. The summed E-state index contributed by atoms with van der Waals surface area (Å²) in [6.45, 7) is 1.84. The molecule has 0 aromatic heterocycles. The highest BCUT2D eigenvalue weighted by atomic mass is 16.6. The minimum atomic E-state index is -0.0415. The van der Waals surface area contributed by atoms with Crippen LogP contribution in [0.15, 0.2) is 48.5 Å². The second-order valence-corrected chi connectivity index (χ2v) is 6.63. The molecule has 0 spiro atoms. The van der Waals surface area contributed by atoms with Gasteiger partial charge < -0.3 is 14.4 Å². The van der Waals surface area contributed by atoms with Gasteiger partial charge in [0, 0.05) is 12.6 Å². The van der Waals surface area contributed by atoms with E-state index in [1.165, 1.54) is 0 Å². The lowest BCUT2D eigenvalue weighted by Crippen LogP contribution is -2.29. The first-order chi connectivity index (χ1) is 13.3. The molecule has 5 nitrogen and oxygen atoms in total. The molecular weight excluding hydrogens is 340 g/mol. The molecule has 27 heavy (non-hydrogen) atoms. The van der Waals surface area contributed by atoms with Crippen LogP contribution in [0.1, 0.15) is 35.6 Å². The van der Waals surface area contributed by atoms with Gasteiger partial charge in [0.15, 0.2) is 11.5 Å². The van der Waals surface area contributed by atoms with Crippen molar-refractivity contribution in [2.45, 2.75) is 18.9 Å². The number of fused-ring (bicyclic) bond motifs is 1. The van der Waals surface area contributed by atoms with Crippen LogP contribution in [0.25, 0.3) is 6.08 Å². The second-order valence-electron chi connectivity index (χ2n) is 6.63. The summed E-state index contributed by atoms with van der Waals surface area (Å²) < 4.78 is 11.3. The van der Waals surface area contributed by atoms with Crippen molar-refractivity contribution in [1.29, 1.82) is 5.26 Å². The maximum Gasteiger partial charge on any atom is 0.247 e. The van der Waals surface area contributed by atoms with Crippen molar-refractivity contribution in [3.8, 4) is 17.6 Å². The predicted octanol–water partition coefficient (Wildman–Crippen LogP) is 3.71. The van der Waals surface area contributed by atoms with Crippen molar-refractivity contribution in [3.63, 3.8) is 0 Å². The van der Waals surface area contributed by atoms with Gasteiger partial charge in [0.2, 0.25) is 5.91 Å². The lowest BCUT2D eigenvalue weighted by molar-refractivity contribution is -0.126. The topological polar surface area (TPSA) is 62.6 Å². The highest BCUT2D eigenvalue weighted by Gasteiger charge is 2.29. The Morgan fingerprint density at radius 1 is 1.15 bits per heavy atom. The molecular formula is C22H20N2O3. The SMILES string of the molecule is N#Cc1ccccc1/C=C/C(=O)N1CCCC1c1ccc2c(c1)OCCO2. The first kappa shape index (κ1) is 17.2. The van der Waals surface area contributed by atoms with Crippen LogP contribution in [0.2, 0.25) is 0 Å². The zero-order chi connectivity index (χ0) is 18.6. The van der Waals surface area contributed by atoms with Crippen molar-refractivity contribution >= 4 is 12.0 Å². The van der Waals surface area contributed by atoms with E-state index in [2.05, 4.69) is 6.07 Å². The van der Waals surface area contributed by atoms with E-state index in [9.17, 15) is 10.1 Å². The first-order valence-electron chi connectivity index (χ1n) is 9.13. The summed E-state index contributed by atoms with van der Waals surface area (Å²) in [5, 5.41) is 9.18. The fourth-order valence-electron chi connectivity index (χ4n) is 3.65. The number of nitrogens with zero attached hydrogens (tertiary/aromatic N) is 2. The lowest BCUT2D eigenvalue weighted by Gasteiger charge is -2.26. The lowest BCUT2D eigenvalue weighted by atomic mass is 10.0. The smallest absolute Gasteiger partial charge is 0.247 e. The van der Waals surface area contributed by atoms with E-state index in [4.69, 9.17) is 9.47 Å². The third kappa shape index (κ3) is 3.52. The molecule has 2 aliphatic rings. The molecule has 2 heterocycles. The normalized spacial score (nSPS) is 18.5. The fraction of sp³-hybridized carbons (Fsp3) is 0.273. The van der Waals surface area contributed by atoms with Crippen LogP contribution >= 0.6 is 0 Å². The van der Waals surface area contributed by atoms with Gasteiger partial charge in [0.1, 0.15) is 13.2 Å². The van der Waals surface area contributed by atoms with Crippen LogP contribution < -0.4 is 9.47 Å². The van der Waals surface area contributed by atoms with Crippen LogP contribution in [0.5, 0.6) is 11.5 Å². The molecule has 1 unspecified atom stereocenters. The number of nitriles is 1. The van der Waals surface area contributed by atoms with E-state index >= 15 is 0 Å². The minimum Gasteiger partial charge on any atom is -0.486 e. The van der Waals surface area contributed by atoms with E-state index in [1.54, 1.807) is 18.2 Å². The number of hydrogen-bond donors (Lipinski definition) is 0. The highest BCUT2D eigenvalue weighted by molar-refractivity contribution is 5.92. The van der Waals surface area contributed by atoms with Gasteiger partial charge in [-0.3, -0.25) is 4.79 Å². The van der Waals surface area contributed by atoms with Crippen LogP contribution in [0, 0.1) is 11.3 Å². The fourth-order valence-corrected chi connectivity index (χ4v) is 3.65. The van der Waals surface area contributed by atoms with Gasteiger partial charge in [-0.1, -0.05) is 24.3 Å². The molecule has 2 aromatic carbocycles. The molecule has 0 bridgehead atoms. The van der Waals surface area contributed by atoms with Gasteiger partial charge in [-0.2, -0.15) is 5.26 Å². The Morgan fingerprint density at radius 2 is 1.96 bits per heavy atom. The monoisotopic (exact) mass is 360 g/mol. The average Bonchev–Trinajstić information content (AvgIpc) is 3.22. The first-order valence-corrected chi connectivity index (χ1v) is 9.13. The predicted molar refractivity (Wildman–Crippen MR) is 101 cm³/mol. The largest absolute Gasteiger partial charge is 0.486 e. The van der Waals surface area contributed by atoms with Gasteiger partial charge in [0.05, 0.1) is 17.7 Å². The minimum absolute atomic E-state index is 0.0317. The standard InChI is InChI=1S/C22H20N2O3/c23-15-18-5-2-1-4-16(18)8-10-22(25)24-11-3-6-19(24)17-7-9-20-21(14-17)27-13-12-26-20/h1-2,4-5,7-10,14,19H,3,6,11-13H2/b10-8+. The molecule has 1 fully saturated rings. The maximum atomic E-state index is 12.8. The molecule has 5 heteroatoms. The molecule has 1 atom stereocenters. The van der Waals surface area contributed by atoms with Crippen LogP contribution in [-0.4, -0.2) is 30.6 Å². The number of amides is 1. The Hall–Kier alpha value is -3.26. The quantitative estimate of drug-likeness (QED) is 0.783. The summed E-state index contributed by atoms with van der Waals surface area (Å²) in [7, 11) is 0. The number of benzene rings is 2. The van der Waals surface area contributed by atoms with Gasteiger partial charge in [-0.05, 0) is 48.2 Å². The van der Waals surface area contributed by atoms with Crippen molar-refractivity contribution in [2.24, 2.45) is 0 Å². The van der Waals surface area contributed by atoms with Crippen LogP contribution in [0.3, 0.4) is 0 Å². The van der Waals surface area contributed by atoms with Gasteiger partial charge in [0.25, 0.3) is 0 Å². The average molecular weight is 360 g/mol. The molecule has 136 valence electrons.